The highest BCUT2D eigenvalue weighted by Crippen LogP contribution is 2.55. The van der Waals surface area contributed by atoms with E-state index in [0.29, 0.717) is 5.41 Å². The Bertz CT molecular complexity index is 540. The van der Waals surface area contributed by atoms with Crippen LogP contribution in [0.1, 0.15) is 58.6 Å². The lowest BCUT2D eigenvalue weighted by Crippen LogP contribution is -2.33. The fourth-order valence-corrected chi connectivity index (χ4v) is 3.85. The first-order valence-electron chi connectivity index (χ1n) is 7.80. The maximum absolute atomic E-state index is 2.47. The second-order valence-corrected chi connectivity index (χ2v) is 6.93. The van der Waals surface area contributed by atoms with Crippen LogP contribution in [0.25, 0.3) is 5.57 Å². The highest BCUT2D eigenvalue weighted by molar-refractivity contribution is 5.75. The molecule has 0 amide bonds. The van der Waals surface area contributed by atoms with Crippen LogP contribution in [0.2, 0.25) is 0 Å². The Labute approximate surface area is 124 Å². The molecule has 0 nitrogen and oxygen atoms in total. The third-order valence-electron chi connectivity index (χ3n) is 5.19. The molecule has 0 spiro atoms. The van der Waals surface area contributed by atoms with Crippen molar-refractivity contribution in [1.29, 1.82) is 0 Å². The quantitative estimate of drug-likeness (QED) is 0.562. The lowest BCUT2D eigenvalue weighted by atomic mass is 9.58. The van der Waals surface area contributed by atoms with Gasteiger partial charge in [0.25, 0.3) is 0 Å². The molecule has 0 fully saturated rings. The van der Waals surface area contributed by atoms with E-state index in [-0.39, 0.29) is 5.41 Å². The normalized spacial score (nSPS) is 27.5. The van der Waals surface area contributed by atoms with E-state index in [4.69, 9.17) is 0 Å². The van der Waals surface area contributed by atoms with Crippen LogP contribution >= 0.6 is 0 Å². The van der Waals surface area contributed by atoms with Crippen LogP contribution in [0.15, 0.2) is 42.0 Å². The van der Waals surface area contributed by atoms with Crippen LogP contribution < -0.4 is 0 Å². The average Bonchev–Trinajstić information content (AvgIpc) is 2.40. The third kappa shape index (κ3) is 2.37. The van der Waals surface area contributed by atoms with Crippen LogP contribution in [0.4, 0.5) is 0 Å². The van der Waals surface area contributed by atoms with Crippen molar-refractivity contribution in [3.63, 3.8) is 0 Å². The summed E-state index contributed by atoms with van der Waals surface area (Å²) in [6.07, 6.45) is 7.18. The van der Waals surface area contributed by atoms with Gasteiger partial charge in [-0.05, 0) is 43.2 Å². The zero-order chi connectivity index (χ0) is 15.0. The lowest BCUT2D eigenvalue weighted by Gasteiger charge is -2.46. The fraction of sp³-hybridized carbons (Fsp3) is 0.500. The average molecular weight is 268 g/mol. The van der Waals surface area contributed by atoms with Gasteiger partial charge in [0, 0.05) is 5.41 Å². The van der Waals surface area contributed by atoms with E-state index in [1.54, 1.807) is 5.57 Å². The maximum Gasteiger partial charge on any atom is 0.0113 e. The fourth-order valence-electron chi connectivity index (χ4n) is 3.85. The van der Waals surface area contributed by atoms with Gasteiger partial charge in [-0.1, -0.05) is 75.2 Å². The molecule has 0 aliphatic heterocycles. The molecule has 20 heavy (non-hydrogen) atoms. The monoisotopic (exact) mass is 268 g/mol. The molecule has 0 saturated heterocycles. The molecule has 108 valence electrons. The molecule has 0 aromatic heterocycles. The lowest BCUT2D eigenvalue weighted by molar-refractivity contribution is 0.311. The molecule has 0 radical (unpaired) electrons. The summed E-state index contributed by atoms with van der Waals surface area (Å²) in [7, 11) is 0. The van der Waals surface area contributed by atoms with Crippen molar-refractivity contribution in [2.24, 2.45) is 10.8 Å². The van der Waals surface area contributed by atoms with Crippen molar-refractivity contribution in [2.75, 3.05) is 0 Å². The van der Waals surface area contributed by atoms with Gasteiger partial charge in [0.15, 0.2) is 0 Å². The van der Waals surface area contributed by atoms with E-state index in [9.17, 15) is 0 Å². The minimum Gasteiger partial charge on any atom is -0.0870 e. The number of hydrogen-bond donors (Lipinski definition) is 0. The molecule has 1 atom stereocenters. The van der Waals surface area contributed by atoms with Crippen molar-refractivity contribution >= 4 is 5.57 Å². The van der Waals surface area contributed by atoms with Crippen LogP contribution in [0.3, 0.4) is 0 Å². The largest absolute Gasteiger partial charge is 0.0870 e. The van der Waals surface area contributed by atoms with Gasteiger partial charge in [0.1, 0.15) is 0 Å². The van der Waals surface area contributed by atoms with Crippen molar-refractivity contribution < 1.29 is 0 Å². The molecule has 1 unspecified atom stereocenters. The topological polar surface area (TPSA) is 0 Å². The van der Waals surface area contributed by atoms with Crippen molar-refractivity contribution in [3.8, 4) is 0 Å². The van der Waals surface area contributed by atoms with Gasteiger partial charge in [0.05, 0.1) is 0 Å². The minimum absolute atomic E-state index is 0.118. The molecule has 1 aromatic carbocycles. The Balaban J connectivity index is 2.53. The number of hydrogen-bond acceptors (Lipinski definition) is 0. The summed E-state index contributed by atoms with van der Waals surface area (Å²) in [6, 6.07) is 8.97. The summed E-state index contributed by atoms with van der Waals surface area (Å²) in [5.74, 6) is 0. The summed E-state index contributed by atoms with van der Waals surface area (Å²) in [5, 5.41) is 0. The van der Waals surface area contributed by atoms with E-state index in [1.165, 1.54) is 23.1 Å². The molecule has 1 aromatic rings. The second-order valence-electron chi connectivity index (χ2n) is 6.93. The van der Waals surface area contributed by atoms with Crippen molar-refractivity contribution in [1.82, 2.24) is 0 Å². The molecular formula is C20H28. The predicted molar refractivity (Wildman–Crippen MR) is 89.7 cm³/mol. The maximum atomic E-state index is 2.47. The molecule has 0 heteroatoms. The molecular weight excluding hydrogens is 240 g/mol. The first-order chi connectivity index (χ1) is 9.35. The Kier molecular flexibility index (Phi) is 3.95. The van der Waals surface area contributed by atoms with E-state index >= 15 is 0 Å². The van der Waals surface area contributed by atoms with Gasteiger partial charge in [-0.25, -0.2) is 0 Å². The Morgan fingerprint density at radius 3 is 2.20 bits per heavy atom. The third-order valence-corrected chi connectivity index (χ3v) is 5.19. The van der Waals surface area contributed by atoms with Gasteiger partial charge in [-0.2, -0.15) is 0 Å². The highest BCUT2D eigenvalue weighted by atomic mass is 14.5. The van der Waals surface area contributed by atoms with E-state index in [1.807, 2.05) is 0 Å². The SMILES string of the molecule is C/C=C1\C(C)(CC)CC=C(c2ccc(C)cc2)C1(C)C. The number of benzene rings is 1. The summed E-state index contributed by atoms with van der Waals surface area (Å²) < 4.78 is 0. The second kappa shape index (κ2) is 5.24. The molecule has 1 aliphatic rings. The van der Waals surface area contributed by atoms with Crippen molar-refractivity contribution in [2.45, 2.75) is 54.4 Å². The van der Waals surface area contributed by atoms with Gasteiger partial charge in [0.2, 0.25) is 0 Å². The van der Waals surface area contributed by atoms with Crippen molar-refractivity contribution in [3.05, 3.63) is 53.1 Å². The summed E-state index contributed by atoms with van der Waals surface area (Å²) in [4.78, 5) is 0. The molecule has 2 rings (SSSR count). The highest BCUT2D eigenvalue weighted by Gasteiger charge is 2.41. The van der Waals surface area contributed by atoms with Gasteiger partial charge in [-0.3, -0.25) is 0 Å². The molecule has 0 N–H and O–H groups in total. The number of rotatable bonds is 2. The van der Waals surface area contributed by atoms with Crippen LogP contribution in [0, 0.1) is 17.8 Å². The molecule has 0 heterocycles. The van der Waals surface area contributed by atoms with E-state index in [2.05, 4.69) is 78.0 Å². The van der Waals surface area contributed by atoms with Gasteiger partial charge >= 0.3 is 0 Å². The Morgan fingerprint density at radius 2 is 1.70 bits per heavy atom. The summed E-state index contributed by atoms with van der Waals surface area (Å²) in [5.41, 5.74) is 6.20. The smallest absolute Gasteiger partial charge is 0.0113 e. The van der Waals surface area contributed by atoms with Gasteiger partial charge in [-0.15, -0.1) is 0 Å². The number of allylic oxidation sites excluding steroid dienone is 4. The van der Waals surface area contributed by atoms with Gasteiger partial charge < -0.3 is 0 Å². The first-order valence-corrected chi connectivity index (χ1v) is 7.80. The zero-order valence-corrected chi connectivity index (χ0v) is 13.9. The zero-order valence-electron chi connectivity index (χ0n) is 13.9. The van der Waals surface area contributed by atoms with Crippen LogP contribution in [-0.4, -0.2) is 0 Å². The van der Waals surface area contributed by atoms with E-state index in [0.717, 1.165) is 6.42 Å². The Morgan fingerprint density at radius 1 is 1.10 bits per heavy atom. The molecule has 0 bridgehead atoms. The molecule has 1 aliphatic carbocycles. The van der Waals surface area contributed by atoms with E-state index < -0.39 is 0 Å². The standard InChI is InChI=1S/C20H28/c1-7-18-19(4,5)17(13-14-20(18,6)8-2)16-11-9-15(3)10-12-16/h7,9-13H,8,14H2,1-6H3/b18-7-. The molecule has 0 saturated carbocycles. The predicted octanol–water partition coefficient (Wildman–Crippen LogP) is 6.17. The minimum atomic E-state index is 0.118. The first kappa shape index (κ1) is 15.1. The van der Waals surface area contributed by atoms with Crippen LogP contribution in [-0.2, 0) is 0 Å². The summed E-state index contributed by atoms with van der Waals surface area (Å²) in [6.45, 7) is 13.8. The summed E-state index contributed by atoms with van der Waals surface area (Å²) >= 11 is 0. The number of aryl methyl sites for hydroxylation is 1. The Hall–Kier alpha value is -1.30. The van der Waals surface area contributed by atoms with Crippen LogP contribution in [0.5, 0.6) is 0 Å².